The van der Waals surface area contributed by atoms with Crippen molar-refractivity contribution in [3.8, 4) is 0 Å². The van der Waals surface area contributed by atoms with Gasteiger partial charge in [-0.05, 0) is 55.3 Å². The minimum atomic E-state index is -4.25. The van der Waals surface area contributed by atoms with Gasteiger partial charge < -0.3 is 10.2 Å². The molecule has 7 nitrogen and oxygen atoms in total. The molecule has 0 saturated carbocycles. The zero-order chi connectivity index (χ0) is 27.9. The van der Waals surface area contributed by atoms with E-state index in [2.05, 4.69) is 5.32 Å². The third-order valence-electron chi connectivity index (χ3n) is 5.80. The Morgan fingerprint density at radius 3 is 2.24 bits per heavy atom. The van der Waals surface area contributed by atoms with Gasteiger partial charge in [0.2, 0.25) is 11.8 Å². The van der Waals surface area contributed by atoms with Crippen molar-refractivity contribution < 1.29 is 18.0 Å². The number of hydrogen-bond acceptors (Lipinski definition) is 4. The van der Waals surface area contributed by atoms with Crippen molar-refractivity contribution in [3.05, 3.63) is 93.4 Å². The van der Waals surface area contributed by atoms with Gasteiger partial charge in [0.25, 0.3) is 10.0 Å². The van der Waals surface area contributed by atoms with Gasteiger partial charge in [0.1, 0.15) is 12.6 Å². The summed E-state index contributed by atoms with van der Waals surface area (Å²) in [5.74, 6) is -0.995. The van der Waals surface area contributed by atoms with Crippen LogP contribution < -0.4 is 9.62 Å². The number of nitrogens with zero attached hydrogens (tertiary/aromatic N) is 2. The van der Waals surface area contributed by atoms with Gasteiger partial charge >= 0.3 is 0 Å². The molecule has 0 heterocycles. The van der Waals surface area contributed by atoms with Crippen molar-refractivity contribution in [2.24, 2.45) is 0 Å². The molecule has 1 N–H and O–H groups in total. The first kappa shape index (κ1) is 29.8. The van der Waals surface area contributed by atoms with E-state index in [1.54, 1.807) is 49.4 Å². The van der Waals surface area contributed by atoms with Gasteiger partial charge in [0.15, 0.2) is 0 Å². The molecule has 0 fully saturated rings. The average molecular weight is 597 g/mol. The Labute approximate surface area is 238 Å². The van der Waals surface area contributed by atoms with Gasteiger partial charge in [0.05, 0.1) is 15.6 Å². The van der Waals surface area contributed by atoms with Crippen LogP contribution in [-0.2, 0) is 26.2 Å². The van der Waals surface area contributed by atoms with Gasteiger partial charge in [-0.25, -0.2) is 8.42 Å². The Balaban J connectivity index is 2.06. The van der Waals surface area contributed by atoms with E-state index in [4.69, 9.17) is 34.8 Å². The van der Waals surface area contributed by atoms with Crippen molar-refractivity contribution >= 4 is 62.3 Å². The monoisotopic (exact) mass is 595 g/mol. The van der Waals surface area contributed by atoms with Crippen molar-refractivity contribution in [1.82, 2.24) is 10.2 Å². The number of sulfonamides is 1. The van der Waals surface area contributed by atoms with Gasteiger partial charge in [-0.2, -0.15) is 0 Å². The lowest BCUT2D eigenvalue weighted by molar-refractivity contribution is -0.139. The van der Waals surface area contributed by atoms with Crippen molar-refractivity contribution in [2.45, 2.75) is 37.8 Å². The second kappa shape index (κ2) is 13.3. The van der Waals surface area contributed by atoms with Gasteiger partial charge in [-0.1, -0.05) is 78.1 Å². The normalized spacial score (nSPS) is 12.0. The topological polar surface area (TPSA) is 86.8 Å². The summed E-state index contributed by atoms with van der Waals surface area (Å²) in [4.78, 5) is 28.0. The summed E-state index contributed by atoms with van der Waals surface area (Å²) in [5.41, 5.74) is 0.646. The summed E-state index contributed by atoms with van der Waals surface area (Å²) < 4.78 is 28.4. The van der Waals surface area contributed by atoms with Crippen LogP contribution in [0.5, 0.6) is 0 Å². The Kier molecular flexibility index (Phi) is 10.4. The Morgan fingerprint density at radius 1 is 0.921 bits per heavy atom. The fourth-order valence-electron chi connectivity index (χ4n) is 3.70. The lowest BCUT2D eigenvalue weighted by atomic mass is 10.1. The maximum Gasteiger partial charge on any atom is 0.264 e. The van der Waals surface area contributed by atoms with E-state index >= 15 is 0 Å². The maximum atomic E-state index is 13.9. The molecule has 0 bridgehead atoms. The summed E-state index contributed by atoms with van der Waals surface area (Å²) in [6.45, 7) is 3.29. The van der Waals surface area contributed by atoms with Gasteiger partial charge in [-0.3, -0.25) is 13.9 Å². The molecule has 38 heavy (non-hydrogen) atoms. The minimum Gasteiger partial charge on any atom is -0.354 e. The Morgan fingerprint density at radius 2 is 1.58 bits per heavy atom. The molecule has 202 valence electrons. The van der Waals surface area contributed by atoms with Crippen LogP contribution in [-0.4, -0.2) is 44.3 Å². The first-order valence-corrected chi connectivity index (χ1v) is 14.5. The highest BCUT2D eigenvalue weighted by molar-refractivity contribution is 7.92. The molecule has 1 atom stereocenters. The Hall–Kier alpha value is -2.78. The molecule has 0 aromatic heterocycles. The highest BCUT2D eigenvalue weighted by Crippen LogP contribution is 2.33. The first-order chi connectivity index (χ1) is 18.1. The van der Waals surface area contributed by atoms with Gasteiger partial charge in [-0.15, -0.1) is 0 Å². The standard InChI is InChI=1S/C27H28Cl3N3O4S/c1-3-15-31-27(35)19(2)32(17-20-9-7-8-12-23(20)29)26(34)18-33(25-16-21(28)13-14-24(25)30)38(36,37)22-10-5-4-6-11-22/h4-14,16,19H,3,15,17-18H2,1-2H3,(H,31,35)/t19-/m0/s1. The second-order valence-electron chi connectivity index (χ2n) is 8.50. The quantitative estimate of drug-likeness (QED) is 0.304. The molecule has 2 amide bonds. The van der Waals surface area contributed by atoms with E-state index in [1.165, 1.54) is 35.2 Å². The molecular formula is C27H28Cl3N3O4S. The first-order valence-electron chi connectivity index (χ1n) is 11.9. The SMILES string of the molecule is CCCNC(=O)[C@H](C)N(Cc1ccccc1Cl)C(=O)CN(c1cc(Cl)ccc1Cl)S(=O)(=O)c1ccccc1. The number of anilines is 1. The molecule has 0 aliphatic carbocycles. The van der Waals surface area contributed by atoms with E-state index < -0.39 is 28.5 Å². The number of amides is 2. The largest absolute Gasteiger partial charge is 0.354 e. The van der Waals surface area contributed by atoms with E-state index in [0.29, 0.717) is 23.6 Å². The van der Waals surface area contributed by atoms with Crippen LogP contribution >= 0.6 is 34.8 Å². The van der Waals surface area contributed by atoms with Crippen LogP contribution in [0.1, 0.15) is 25.8 Å². The van der Waals surface area contributed by atoms with Crippen LogP contribution in [0.25, 0.3) is 0 Å². The minimum absolute atomic E-state index is 0.0122. The lowest BCUT2D eigenvalue weighted by Gasteiger charge is -2.32. The molecule has 0 radical (unpaired) electrons. The fourth-order valence-corrected chi connectivity index (χ4v) is 5.78. The zero-order valence-corrected chi connectivity index (χ0v) is 24.0. The fraction of sp³-hybridized carbons (Fsp3) is 0.259. The average Bonchev–Trinajstić information content (AvgIpc) is 2.91. The Bertz CT molecular complexity index is 1390. The number of hydrogen-bond donors (Lipinski definition) is 1. The predicted octanol–water partition coefficient (Wildman–Crippen LogP) is 5.79. The third kappa shape index (κ3) is 7.20. The highest BCUT2D eigenvalue weighted by atomic mass is 35.5. The molecule has 3 rings (SSSR count). The highest BCUT2D eigenvalue weighted by Gasteiger charge is 2.33. The number of nitrogens with one attached hydrogen (secondary N) is 1. The summed E-state index contributed by atoms with van der Waals surface area (Å²) in [5, 5.41) is 3.54. The number of benzene rings is 3. The van der Waals surface area contributed by atoms with Crippen molar-refractivity contribution in [2.75, 3.05) is 17.4 Å². The number of rotatable bonds is 11. The van der Waals surface area contributed by atoms with Crippen LogP contribution in [0.15, 0.2) is 77.7 Å². The second-order valence-corrected chi connectivity index (χ2v) is 11.6. The van der Waals surface area contributed by atoms with E-state index in [0.717, 1.165) is 4.31 Å². The molecule has 0 aliphatic heterocycles. The smallest absolute Gasteiger partial charge is 0.264 e. The summed E-state index contributed by atoms with van der Waals surface area (Å²) in [6, 6.07) is 18.1. The van der Waals surface area contributed by atoms with Crippen molar-refractivity contribution in [1.29, 1.82) is 0 Å². The van der Waals surface area contributed by atoms with E-state index in [9.17, 15) is 18.0 Å². The van der Waals surface area contributed by atoms with Gasteiger partial charge in [0, 0.05) is 23.1 Å². The molecule has 0 unspecified atom stereocenters. The predicted molar refractivity (Wildman–Crippen MR) is 152 cm³/mol. The van der Waals surface area contributed by atoms with Crippen LogP contribution in [0, 0.1) is 0 Å². The van der Waals surface area contributed by atoms with Crippen LogP contribution in [0.4, 0.5) is 5.69 Å². The van der Waals surface area contributed by atoms with Crippen LogP contribution in [0.3, 0.4) is 0 Å². The van der Waals surface area contributed by atoms with E-state index in [1.807, 2.05) is 6.92 Å². The lowest BCUT2D eigenvalue weighted by Crippen LogP contribution is -2.51. The molecule has 11 heteroatoms. The zero-order valence-electron chi connectivity index (χ0n) is 20.9. The summed E-state index contributed by atoms with van der Waals surface area (Å²) in [6.07, 6.45) is 0.716. The molecule has 0 saturated heterocycles. The maximum absolute atomic E-state index is 13.9. The molecule has 3 aromatic carbocycles. The third-order valence-corrected chi connectivity index (χ3v) is 8.50. The molecule has 0 spiro atoms. The summed E-state index contributed by atoms with van der Waals surface area (Å²) in [7, 11) is -4.25. The molecule has 3 aromatic rings. The van der Waals surface area contributed by atoms with E-state index in [-0.39, 0.29) is 33.1 Å². The number of carbonyl (C=O) groups excluding carboxylic acids is 2. The molecular weight excluding hydrogens is 569 g/mol. The number of halogens is 3. The number of carbonyl (C=O) groups is 2. The molecule has 0 aliphatic rings. The van der Waals surface area contributed by atoms with Crippen molar-refractivity contribution in [3.63, 3.8) is 0 Å². The summed E-state index contributed by atoms with van der Waals surface area (Å²) >= 11 is 18.9. The van der Waals surface area contributed by atoms with Crippen LogP contribution in [0.2, 0.25) is 15.1 Å².